The van der Waals surface area contributed by atoms with Gasteiger partial charge in [-0.1, -0.05) is 6.92 Å². The Morgan fingerprint density at radius 1 is 1.57 bits per heavy atom. The maximum atomic E-state index is 4.90. The van der Waals surface area contributed by atoms with Crippen LogP contribution in [0.4, 0.5) is 4.70 Å². The predicted octanol–water partition coefficient (Wildman–Crippen LogP) is 1.58. The van der Waals surface area contributed by atoms with Gasteiger partial charge in [0.05, 0.1) is 6.10 Å². The SMILES string of the molecule is CCC(C)OC.F. The molecule has 0 heterocycles. The van der Waals surface area contributed by atoms with Crippen molar-refractivity contribution in [2.24, 2.45) is 0 Å². The average Bonchev–Trinajstić information content (AvgIpc) is 1.65. The van der Waals surface area contributed by atoms with E-state index >= 15 is 0 Å². The number of hydrogen-bond donors (Lipinski definition) is 0. The molecule has 0 amide bonds. The first-order valence-corrected chi connectivity index (χ1v) is 2.34. The molecule has 0 aliphatic rings. The first-order chi connectivity index (χ1) is 2.81. The molecule has 0 bridgehead atoms. The van der Waals surface area contributed by atoms with Crippen molar-refractivity contribution in [1.82, 2.24) is 0 Å². The highest BCUT2D eigenvalue weighted by atomic mass is 19.0. The molecule has 0 saturated carbocycles. The van der Waals surface area contributed by atoms with Gasteiger partial charge in [0.25, 0.3) is 0 Å². The number of hydrogen-bond acceptors (Lipinski definition) is 1. The first-order valence-electron chi connectivity index (χ1n) is 2.34. The smallest absolute Gasteiger partial charge is 0.0540 e. The molecule has 0 aliphatic carbocycles. The third-order valence-electron chi connectivity index (χ3n) is 0.977. The van der Waals surface area contributed by atoms with E-state index in [-0.39, 0.29) is 4.70 Å². The van der Waals surface area contributed by atoms with E-state index in [1.54, 1.807) is 7.11 Å². The van der Waals surface area contributed by atoms with Crippen LogP contribution in [-0.2, 0) is 4.74 Å². The molecule has 0 aromatic heterocycles. The van der Waals surface area contributed by atoms with Crippen molar-refractivity contribution in [3.05, 3.63) is 0 Å². The molecule has 46 valence electrons. The number of ether oxygens (including phenoxy) is 1. The van der Waals surface area contributed by atoms with Crippen LogP contribution in [0.2, 0.25) is 0 Å². The molecule has 0 aromatic rings. The van der Waals surface area contributed by atoms with E-state index in [9.17, 15) is 0 Å². The Morgan fingerprint density at radius 3 is 2.00 bits per heavy atom. The lowest BCUT2D eigenvalue weighted by atomic mass is 10.3. The maximum Gasteiger partial charge on any atom is 0.0540 e. The second-order valence-corrected chi connectivity index (χ2v) is 1.45. The van der Waals surface area contributed by atoms with Gasteiger partial charge in [-0.05, 0) is 13.3 Å². The van der Waals surface area contributed by atoms with E-state index in [2.05, 4.69) is 13.8 Å². The Balaban J connectivity index is 0. The molecule has 0 N–H and O–H groups in total. The summed E-state index contributed by atoms with van der Waals surface area (Å²) in [5.41, 5.74) is 0. The van der Waals surface area contributed by atoms with E-state index in [0.29, 0.717) is 6.10 Å². The molecule has 2 heteroatoms. The van der Waals surface area contributed by atoms with Gasteiger partial charge in [0.15, 0.2) is 0 Å². The molecule has 0 rings (SSSR count). The molecule has 0 spiro atoms. The summed E-state index contributed by atoms with van der Waals surface area (Å²) >= 11 is 0. The highest BCUT2D eigenvalue weighted by Crippen LogP contribution is 1.89. The summed E-state index contributed by atoms with van der Waals surface area (Å²) in [5.74, 6) is 0. The third kappa shape index (κ3) is 5.89. The molecule has 0 saturated heterocycles. The molecule has 7 heavy (non-hydrogen) atoms. The standard InChI is InChI=1S/C5H12O.FH/c1-4-5(2)6-3;/h5H,4H2,1-3H3;1H. The summed E-state index contributed by atoms with van der Waals surface area (Å²) < 4.78 is 4.90. The highest BCUT2D eigenvalue weighted by molar-refractivity contribution is 4.38. The fourth-order valence-corrected chi connectivity index (χ4v) is 0.167. The summed E-state index contributed by atoms with van der Waals surface area (Å²) in [6, 6.07) is 0. The van der Waals surface area contributed by atoms with Gasteiger partial charge in [-0.25, -0.2) is 0 Å². The summed E-state index contributed by atoms with van der Waals surface area (Å²) in [6.45, 7) is 4.16. The van der Waals surface area contributed by atoms with Crippen molar-refractivity contribution >= 4 is 0 Å². The van der Waals surface area contributed by atoms with Gasteiger partial charge in [0, 0.05) is 7.11 Å². The first kappa shape index (κ1) is 10.00. The maximum absolute atomic E-state index is 4.90. The van der Waals surface area contributed by atoms with Gasteiger partial charge in [-0.2, -0.15) is 0 Å². The minimum Gasteiger partial charge on any atom is -0.382 e. The van der Waals surface area contributed by atoms with Gasteiger partial charge >= 0.3 is 0 Å². The lowest BCUT2D eigenvalue weighted by Crippen LogP contribution is -2.00. The average molecular weight is 108 g/mol. The summed E-state index contributed by atoms with van der Waals surface area (Å²) in [4.78, 5) is 0. The van der Waals surface area contributed by atoms with E-state index in [1.807, 2.05) is 0 Å². The van der Waals surface area contributed by atoms with E-state index < -0.39 is 0 Å². The van der Waals surface area contributed by atoms with Gasteiger partial charge in [-0.15, -0.1) is 0 Å². The van der Waals surface area contributed by atoms with Crippen molar-refractivity contribution in [3.63, 3.8) is 0 Å². The zero-order valence-electron chi connectivity index (χ0n) is 5.10. The Kier molecular flexibility index (Phi) is 8.41. The topological polar surface area (TPSA) is 9.23 Å². The van der Waals surface area contributed by atoms with Gasteiger partial charge < -0.3 is 4.74 Å². The Morgan fingerprint density at radius 2 is 2.00 bits per heavy atom. The van der Waals surface area contributed by atoms with Crippen LogP contribution in [0, 0.1) is 0 Å². The predicted molar refractivity (Wildman–Crippen MR) is 29.3 cm³/mol. The van der Waals surface area contributed by atoms with Gasteiger partial charge in [0.1, 0.15) is 0 Å². The quantitative estimate of drug-likeness (QED) is 0.522. The Hall–Kier alpha value is -0.110. The molecule has 1 nitrogen and oxygen atoms in total. The van der Waals surface area contributed by atoms with Gasteiger partial charge in [0.2, 0.25) is 0 Å². The molecule has 1 unspecified atom stereocenters. The van der Waals surface area contributed by atoms with Crippen molar-refractivity contribution < 1.29 is 9.44 Å². The van der Waals surface area contributed by atoms with Crippen LogP contribution in [0.3, 0.4) is 0 Å². The van der Waals surface area contributed by atoms with E-state index in [1.165, 1.54) is 0 Å². The normalized spacial score (nSPS) is 12.4. The van der Waals surface area contributed by atoms with Crippen LogP contribution in [0.15, 0.2) is 0 Å². The molecule has 0 fully saturated rings. The lowest BCUT2D eigenvalue weighted by Gasteiger charge is -2.01. The third-order valence-corrected chi connectivity index (χ3v) is 0.977. The summed E-state index contributed by atoms with van der Waals surface area (Å²) in [7, 11) is 1.73. The fraction of sp³-hybridized carbons (Fsp3) is 1.00. The molecule has 0 aliphatic heterocycles. The Bertz CT molecular complexity index is 27.3. The van der Waals surface area contributed by atoms with Crippen LogP contribution in [0.5, 0.6) is 0 Å². The van der Waals surface area contributed by atoms with Crippen molar-refractivity contribution in [3.8, 4) is 0 Å². The zero-order valence-corrected chi connectivity index (χ0v) is 5.10. The largest absolute Gasteiger partial charge is 0.382 e. The second kappa shape index (κ2) is 5.89. The van der Waals surface area contributed by atoms with Crippen molar-refractivity contribution in [1.29, 1.82) is 0 Å². The molecular formula is C5H13FO. The van der Waals surface area contributed by atoms with Crippen LogP contribution in [0.1, 0.15) is 20.3 Å². The van der Waals surface area contributed by atoms with Crippen LogP contribution >= 0.6 is 0 Å². The zero-order chi connectivity index (χ0) is 4.99. The number of rotatable bonds is 2. The van der Waals surface area contributed by atoms with Crippen LogP contribution < -0.4 is 0 Å². The van der Waals surface area contributed by atoms with Gasteiger partial charge in [-0.3, -0.25) is 4.70 Å². The van der Waals surface area contributed by atoms with Crippen molar-refractivity contribution in [2.45, 2.75) is 26.4 Å². The van der Waals surface area contributed by atoms with Crippen LogP contribution in [0.25, 0.3) is 0 Å². The van der Waals surface area contributed by atoms with Crippen LogP contribution in [-0.4, -0.2) is 13.2 Å². The molecule has 0 aromatic carbocycles. The summed E-state index contributed by atoms with van der Waals surface area (Å²) in [5, 5.41) is 0. The summed E-state index contributed by atoms with van der Waals surface area (Å²) in [6.07, 6.45) is 1.54. The lowest BCUT2D eigenvalue weighted by molar-refractivity contribution is 0.115. The molecular weight excluding hydrogens is 95.1 g/mol. The van der Waals surface area contributed by atoms with Crippen molar-refractivity contribution in [2.75, 3.05) is 7.11 Å². The number of methoxy groups -OCH3 is 1. The second-order valence-electron chi connectivity index (χ2n) is 1.45. The highest BCUT2D eigenvalue weighted by Gasteiger charge is 1.88. The molecule has 0 radical (unpaired) electrons. The molecule has 1 atom stereocenters. The number of halogens is 1. The fourth-order valence-electron chi connectivity index (χ4n) is 0.167. The minimum atomic E-state index is 0. The Labute approximate surface area is 44.0 Å². The van der Waals surface area contributed by atoms with E-state index in [0.717, 1.165) is 6.42 Å². The minimum absolute atomic E-state index is 0. The monoisotopic (exact) mass is 108 g/mol. The van der Waals surface area contributed by atoms with E-state index in [4.69, 9.17) is 4.74 Å².